The van der Waals surface area contributed by atoms with Crippen LogP contribution in [-0.4, -0.2) is 25.7 Å². The molecule has 0 aliphatic rings. The van der Waals surface area contributed by atoms with Crippen LogP contribution in [0.15, 0.2) is 43.0 Å². The Hall–Kier alpha value is -2.76. The zero-order valence-corrected chi connectivity index (χ0v) is 10.2. The van der Waals surface area contributed by atoms with E-state index in [1.165, 1.54) is 6.92 Å². The molecule has 19 heavy (non-hydrogen) atoms. The van der Waals surface area contributed by atoms with Crippen LogP contribution in [0.1, 0.15) is 6.92 Å². The topological polar surface area (TPSA) is 72.7 Å². The summed E-state index contributed by atoms with van der Waals surface area (Å²) in [6.07, 6.45) is 6.87. The summed E-state index contributed by atoms with van der Waals surface area (Å²) in [5, 5.41) is 7.91. The van der Waals surface area contributed by atoms with Crippen LogP contribution in [0, 0.1) is 0 Å². The van der Waals surface area contributed by atoms with Gasteiger partial charge in [0, 0.05) is 24.7 Å². The largest absolute Gasteiger partial charge is 0.325 e. The number of hydrogen-bond acceptors (Lipinski definition) is 4. The third-order valence-corrected chi connectivity index (χ3v) is 2.59. The Morgan fingerprint density at radius 2 is 2.26 bits per heavy atom. The third-order valence-electron chi connectivity index (χ3n) is 2.59. The number of aromatic nitrogens is 4. The summed E-state index contributed by atoms with van der Waals surface area (Å²) in [6.45, 7) is 1.46. The van der Waals surface area contributed by atoms with Crippen LogP contribution in [0.3, 0.4) is 0 Å². The molecule has 6 heteroatoms. The average molecular weight is 253 g/mol. The summed E-state index contributed by atoms with van der Waals surface area (Å²) in [5.74, 6) is -0.124. The number of carbonyl (C=O) groups is 1. The van der Waals surface area contributed by atoms with Gasteiger partial charge in [-0.15, -0.1) is 5.10 Å². The summed E-state index contributed by atoms with van der Waals surface area (Å²) in [7, 11) is 0. The van der Waals surface area contributed by atoms with Crippen LogP contribution in [0.25, 0.3) is 16.7 Å². The van der Waals surface area contributed by atoms with Crippen LogP contribution in [-0.2, 0) is 4.79 Å². The fourth-order valence-electron chi connectivity index (χ4n) is 1.81. The zero-order valence-electron chi connectivity index (χ0n) is 10.2. The normalized spacial score (nSPS) is 10.6. The van der Waals surface area contributed by atoms with Gasteiger partial charge in [-0.05, 0) is 18.2 Å². The molecular weight excluding hydrogens is 242 g/mol. The maximum absolute atomic E-state index is 11.0. The summed E-state index contributed by atoms with van der Waals surface area (Å²) in [5.41, 5.74) is 2.14. The fourth-order valence-corrected chi connectivity index (χ4v) is 1.81. The highest BCUT2D eigenvalue weighted by Gasteiger charge is 2.05. The summed E-state index contributed by atoms with van der Waals surface area (Å²) >= 11 is 0. The van der Waals surface area contributed by atoms with E-state index in [1.807, 2.05) is 24.4 Å². The first-order valence-electron chi connectivity index (χ1n) is 5.76. The molecule has 0 fully saturated rings. The monoisotopic (exact) mass is 253 g/mol. The second-order valence-corrected chi connectivity index (χ2v) is 4.10. The Labute approximate surface area is 109 Å². The van der Waals surface area contributed by atoms with Crippen molar-refractivity contribution in [3.63, 3.8) is 0 Å². The van der Waals surface area contributed by atoms with Gasteiger partial charge in [0.1, 0.15) is 0 Å². The molecule has 0 aromatic carbocycles. The van der Waals surface area contributed by atoms with E-state index in [9.17, 15) is 4.79 Å². The molecule has 3 heterocycles. The predicted molar refractivity (Wildman–Crippen MR) is 71.0 cm³/mol. The number of nitrogens with zero attached hydrogens (tertiary/aromatic N) is 4. The number of fused-ring (bicyclic) bond motifs is 1. The van der Waals surface area contributed by atoms with Gasteiger partial charge in [-0.2, -0.15) is 0 Å². The van der Waals surface area contributed by atoms with Crippen molar-refractivity contribution in [2.45, 2.75) is 6.92 Å². The molecule has 0 saturated heterocycles. The predicted octanol–water partition coefficient (Wildman–Crippen LogP) is 1.77. The SMILES string of the molecule is CC(=O)Nc1cnc2nn(-c3cccnc3)cc2c1. The highest BCUT2D eigenvalue weighted by Crippen LogP contribution is 2.17. The maximum atomic E-state index is 11.0. The molecule has 1 N–H and O–H groups in total. The van der Waals surface area contributed by atoms with Gasteiger partial charge in [0.25, 0.3) is 0 Å². The first kappa shape index (κ1) is 11.3. The van der Waals surface area contributed by atoms with Crippen molar-refractivity contribution in [3.8, 4) is 5.69 Å². The van der Waals surface area contributed by atoms with Crippen LogP contribution in [0.4, 0.5) is 5.69 Å². The van der Waals surface area contributed by atoms with Gasteiger partial charge in [0.2, 0.25) is 5.91 Å². The van der Waals surface area contributed by atoms with Gasteiger partial charge in [0.15, 0.2) is 5.65 Å². The Bertz CT molecular complexity index is 735. The smallest absolute Gasteiger partial charge is 0.221 e. The molecular formula is C13H11N5O. The summed E-state index contributed by atoms with van der Waals surface area (Å²) in [6, 6.07) is 5.59. The molecule has 3 aromatic heterocycles. The number of nitrogens with one attached hydrogen (secondary N) is 1. The van der Waals surface area contributed by atoms with Gasteiger partial charge in [-0.1, -0.05) is 0 Å². The van der Waals surface area contributed by atoms with Crippen LogP contribution in [0.5, 0.6) is 0 Å². The molecule has 6 nitrogen and oxygen atoms in total. The van der Waals surface area contributed by atoms with E-state index in [0.29, 0.717) is 11.3 Å². The lowest BCUT2D eigenvalue weighted by atomic mass is 10.3. The van der Waals surface area contributed by atoms with Crippen LogP contribution < -0.4 is 5.32 Å². The Morgan fingerprint density at radius 1 is 1.37 bits per heavy atom. The molecule has 0 aliphatic carbocycles. The Balaban J connectivity index is 2.04. The number of rotatable bonds is 2. The molecule has 0 atom stereocenters. The van der Waals surface area contributed by atoms with E-state index in [2.05, 4.69) is 20.4 Å². The van der Waals surface area contributed by atoms with E-state index in [4.69, 9.17) is 0 Å². The molecule has 0 spiro atoms. The Kier molecular flexibility index (Phi) is 2.68. The highest BCUT2D eigenvalue weighted by atomic mass is 16.1. The van der Waals surface area contributed by atoms with E-state index in [-0.39, 0.29) is 5.91 Å². The quantitative estimate of drug-likeness (QED) is 0.755. The molecule has 0 unspecified atom stereocenters. The molecule has 3 aromatic rings. The van der Waals surface area contributed by atoms with Gasteiger partial charge < -0.3 is 5.32 Å². The van der Waals surface area contributed by atoms with Crippen molar-refractivity contribution in [1.82, 2.24) is 19.7 Å². The molecule has 1 amide bonds. The molecule has 0 saturated carbocycles. The van der Waals surface area contributed by atoms with Crippen LogP contribution in [0.2, 0.25) is 0 Å². The minimum Gasteiger partial charge on any atom is -0.325 e. The van der Waals surface area contributed by atoms with Crippen molar-refractivity contribution < 1.29 is 4.79 Å². The third kappa shape index (κ3) is 2.28. The van der Waals surface area contributed by atoms with Gasteiger partial charge in [-0.3, -0.25) is 9.78 Å². The zero-order chi connectivity index (χ0) is 13.2. The second kappa shape index (κ2) is 4.49. The molecule has 0 bridgehead atoms. The van der Waals surface area contributed by atoms with Crippen molar-refractivity contribution in [2.24, 2.45) is 0 Å². The fraction of sp³-hybridized carbons (Fsp3) is 0.0769. The molecule has 3 rings (SSSR count). The number of carbonyl (C=O) groups excluding carboxylic acids is 1. The number of pyridine rings is 2. The number of hydrogen-bond donors (Lipinski definition) is 1. The second-order valence-electron chi connectivity index (χ2n) is 4.10. The minimum absolute atomic E-state index is 0.124. The van der Waals surface area contributed by atoms with E-state index >= 15 is 0 Å². The first-order chi connectivity index (χ1) is 9.22. The first-order valence-corrected chi connectivity index (χ1v) is 5.76. The van der Waals surface area contributed by atoms with Crippen molar-refractivity contribution in [1.29, 1.82) is 0 Å². The summed E-state index contributed by atoms with van der Waals surface area (Å²) in [4.78, 5) is 19.3. The lowest BCUT2D eigenvalue weighted by Gasteiger charge is -1.99. The molecule has 94 valence electrons. The maximum Gasteiger partial charge on any atom is 0.221 e. The number of anilines is 1. The van der Waals surface area contributed by atoms with E-state index in [0.717, 1.165) is 11.1 Å². The molecule has 0 radical (unpaired) electrons. The van der Waals surface area contributed by atoms with Gasteiger partial charge in [0.05, 0.1) is 23.8 Å². The van der Waals surface area contributed by atoms with Crippen molar-refractivity contribution >= 4 is 22.6 Å². The Morgan fingerprint density at radius 3 is 3.00 bits per heavy atom. The minimum atomic E-state index is -0.124. The standard InChI is InChI=1S/C13H11N5O/c1-9(19)16-11-5-10-8-18(17-13(10)15-6-11)12-3-2-4-14-7-12/h2-8H,1H3,(H,16,19). The lowest BCUT2D eigenvalue weighted by Crippen LogP contribution is -2.05. The summed E-state index contributed by atoms with van der Waals surface area (Å²) < 4.78 is 1.71. The molecule has 0 aliphatic heterocycles. The lowest BCUT2D eigenvalue weighted by molar-refractivity contribution is -0.114. The van der Waals surface area contributed by atoms with Gasteiger partial charge >= 0.3 is 0 Å². The van der Waals surface area contributed by atoms with Crippen molar-refractivity contribution in [3.05, 3.63) is 43.0 Å². The number of amides is 1. The highest BCUT2D eigenvalue weighted by molar-refractivity contribution is 5.90. The van der Waals surface area contributed by atoms with Crippen molar-refractivity contribution in [2.75, 3.05) is 5.32 Å². The van der Waals surface area contributed by atoms with Gasteiger partial charge in [-0.25, -0.2) is 9.67 Å². The van der Waals surface area contributed by atoms with Crippen LogP contribution >= 0.6 is 0 Å². The average Bonchev–Trinajstić information content (AvgIpc) is 2.82. The van der Waals surface area contributed by atoms with E-state index in [1.54, 1.807) is 23.3 Å². The van der Waals surface area contributed by atoms with E-state index < -0.39 is 0 Å².